The van der Waals surface area contributed by atoms with Gasteiger partial charge in [0.25, 0.3) is 0 Å². The van der Waals surface area contributed by atoms with Gasteiger partial charge in [0, 0.05) is 38.3 Å². The Bertz CT molecular complexity index is 165. The third-order valence-electron chi connectivity index (χ3n) is 3.19. The molecule has 0 aliphatic carbocycles. The summed E-state index contributed by atoms with van der Waals surface area (Å²) in [5.74, 6) is 0. The van der Waals surface area contributed by atoms with E-state index in [4.69, 9.17) is 10.5 Å². The van der Waals surface area contributed by atoms with Crippen LogP contribution in [0.15, 0.2) is 0 Å². The molecule has 0 amide bonds. The number of hydrogen-bond donors (Lipinski definition) is 2. The number of nitrogens with two attached hydrogens (primary N) is 1. The molecule has 4 nitrogen and oxygen atoms in total. The zero-order valence-corrected chi connectivity index (χ0v) is 9.55. The van der Waals surface area contributed by atoms with Crippen LogP contribution in [0.1, 0.15) is 13.3 Å². The molecule has 1 aliphatic rings. The summed E-state index contributed by atoms with van der Waals surface area (Å²) in [6, 6.07) is 0.619. The molecule has 0 aromatic heterocycles. The van der Waals surface area contributed by atoms with Gasteiger partial charge in [-0.3, -0.25) is 0 Å². The van der Waals surface area contributed by atoms with Gasteiger partial charge in [0.05, 0.1) is 6.61 Å². The third-order valence-corrected chi connectivity index (χ3v) is 3.19. The van der Waals surface area contributed by atoms with Crippen molar-refractivity contribution in [2.24, 2.45) is 5.73 Å². The normalized spacial score (nSPS) is 33.9. The van der Waals surface area contributed by atoms with Crippen molar-refractivity contribution in [1.29, 1.82) is 0 Å². The predicted molar refractivity (Wildman–Crippen MR) is 58.4 cm³/mol. The minimum Gasteiger partial charge on any atom is -0.383 e. The minimum absolute atomic E-state index is 0.104. The number of likely N-dealkylation sites (tertiary alicyclic amines) is 1. The molecule has 2 atom stereocenters. The summed E-state index contributed by atoms with van der Waals surface area (Å²) in [6.45, 7) is 5.61. The predicted octanol–water partition coefficient (Wildman–Crippen LogP) is -0.356. The van der Waals surface area contributed by atoms with E-state index in [2.05, 4.69) is 24.2 Å². The summed E-state index contributed by atoms with van der Waals surface area (Å²) in [5.41, 5.74) is 5.95. The first kappa shape index (κ1) is 11.9. The Labute approximate surface area is 86.8 Å². The lowest BCUT2D eigenvalue weighted by Gasteiger charge is -2.28. The van der Waals surface area contributed by atoms with E-state index in [9.17, 15) is 0 Å². The molecule has 1 fully saturated rings. The van der Waals surface area contributed by atoms with Gasteiger partial charge in [0.15, 0.2) is 0 Å². The number of likely N-dealkylation sites (N-methyl/N-ethyl adjacent to an activating group) is 1. The smallest absolute Gasteiger partial charge is 0.0587 e. The van der Waals surface area contributed by atoms with Gasteiger partial charge in [-0.15, -0.1) is 0 Å². The summed E-state index contributed by atoms with van der Waals surface area (Å²) in [4.78, 5) is 2.35. The van der Waals surface area contributed by atoms with E-state index in [1.54, 1.807) is 7.11 Å². The van der Waals surface area contributed by atoms with Crippen LogP contribution in [-0.2, 0) is 4.74 Å². The summed E-state index contributed by atoms with van der Waals surface area (Å²) < 4.78 is 5.03. The van der Waals surface area contributed by atoms with Crippen molar-refractivity contribution >= 4 is 0 Å². The highest BCUT2D eigenvalue weighted by Crippen LogP contribution is 2.24. The lowest BCUT2D eigenvalue weighted by atomic mass is 9.96. The molecule has 4 heteroatoms. The van der Waals surface area contributed by atoms with E-state index in [-0.39, 0.29) is 5.54 Å². The molecule has 0 spiro atoms. The Morgan fingerprint density at radius 3 is 2.79 bits per heavy atom. The number of hydrogen-bond acceptors (Lipinski definition) is 4. The van der Waals surface area contributed by atoms with Crippen molar-refractivity contribution < 1.29 is 4.74 Å². The molecular weight excluding hydrogens is 178 g/mol. The maximum Gasteiger partial charge on any atom is 0.0587 e. The average molecular weight is 201 g/mol. The standard InChI is InChI=1S/C10H23N3O/c1-9-6-10(7-11,8-13(9)2)12-4-5-14-3/h9,12H,4-8,11H2,1-3H3. The van der Waals surface area contributed by atoms with Crippen LogP contribution < -0.4 is 11.1 Å². The van der Waals surface area contributed by atoms with Crippen LogP contribution in [0.5, 0.6) is 0 Å². The van der Waals surface area contributed by atoms with Gasteiger partial charge < -0.3 is 20.7 Å². The minimum atomic E-state index is 0.104. The molecule has 84 valence electrons. The van der Waals surface area contributed by atoms with Crippen molar-refractivity contribution in [1.82, 2.24) is 10.2 Å². The largest absolute Gasteiger partial charge is 0.383 e. The Morgan fingerprint density at radius 1 is 1.64 bits per heavy atom. The first-order valence-electron chi connectivity index (χ1n) is 5.28. The Hall–Kier alpha value is -0.160. The fraction of sp³-hybridized carbons (Fsp3) is 1.00. The van der Waals surface area contributed by atoms with Gasteiger partial charge >= 0.3 is 0 Å². The second-order valence-corrected chi connectivity index (χ2v) is 4.37. The monoisotopic (exact) mass is 201 g/mol. The molecule has 0 aromatic rings. The van der Waals surface area contributed by atoms with Crippen LogP contribution in [0, 0.1) is 0 Å². The molecule has 2 unspecified atom stereocenters. The maximum atomic E-state index is 5.85. The lowest BCUT2D eigenvalue weighted by molar-refractivity contribution is 0.184. The SMILES string of the molecule is COCCNC1(CN)CC(C)N(C)C1. The number of rotatable bonds is 5. The second-order valence-electron chi connectivity index (χ2n) is 4.37. The van der Waals surface area contributed by atoms with Crippen LogP contribution in [-0.4, -0.2) is 56.9 Å². The molecule has 0 radical (unpaired) electrons. The molecule has 1 saturated heterocycles. The summed E-state index contributed by atoms with van der Waals surface area (Å²) in [5, 5.41) is 3.51. The van der Waals surface area contributed by atoms with E-state index >= 15 is 0 Å². The van der Waals surface area contributed by atoms with E-state index in [1.165, 1.54) is 0 Å². The van der Waals surface area contributed by atoms with Gasteiger partial charge in [0.1, 0.15) is 0 Å². The van der Waals surface area contributed by atoms with Gasteiger partial charge in [-0.2, -0.15) is 0 Å². The Morgan fingerprint density at radius 2 is 2.36 bits per heavy atom. The van der Waals surface area contributed by atoms with E-state index in [1.807, 2.05) is 0 Å². The van der Waals surface area contributed by atoms with E-state index in [0.29, 0.717) is 12.6 Å². The molecular formula is C10H23N3O. The van der Waals surface area contributed by atoms with Gasteiger partial charge in [-0.1, -0.05) is 0 Å². The van der Waals surface area contributed by atoms with Crippen LogP contribution in [0.4, 0.5) is 0 Å². The number of nitrogens with zero attached hydrogens (tertiary/aromatic N) is 1. The highest BCUT2D eigenvalue weighted by atomic mass is 16.5. The number of methoxy groups -OCH3 is 1. The zero-order chi connectivity index (χ0) is 10.6. The number of nitrogens with one attached hydrogen (secondary N) is 1. The maximum absolute atomic E-state index is 5.85. The van der Waals surface area contributed by atoms with Crippen LogP contribution in [0.3, 0.4) is 0 Å². The highest BCUT2D eigenvalue weighted by molar-refractivity contribution is 5.00. The Kier molecular flexibility index (Phi) is 4.31. The van der Waals surface area contributed by atoms with Crippen LogP contribution >= 0.6 is 0 Å². The van der Waals surface area contributed by atoms with Crippen molar-refractivity contribution in [3.8, 4) is 0 Å². The molecule has 14 heavy (non-hydrogen) atoms. The second kappa shape index (κ2) is 5.07. The molecule has 1 heterocycles. The van der Waals surface area contributed by atoms with Crippen molar-refractivity contribution in [3.05, 3.63) is 0 Å². The van der Waals surface area contributed by atoms with E-state index < -0.39 is 0 Å². The third kappa shape index (κ3) is 2.67. The molecule has 0 aromatic carbocycles. The summed E-state index contributed by atoms with van der Waals surface area (Å²) >= 11 is 0. The van der Waals surface area contributed by atoms with E-state index in [0.717, 1.165) is 26.1 Å². The first-order valence-corrected chi connectivity index (χ1v) is 5.28. The fourth-order valence-corrected chi connectivity index (χ4v) is 2.19. The van der Waals surface area contributed by atoms with Crippen molar-refractivity contribution in [2.45, 2.75) is 24.9 Å². The quantitative estimate of drug-likeness (QED) is 0.597. The summed E-state index contributed by atoms with van der Waals surface area (Å²) in [6.07, 6.45) is 1.13. The van der Waals surface area contributed by atoms with Crippen molar-refractivity contribution in [3.63, 3.8) is 0 Å². The molecule has 0 saturated carbocycles. The van der Waals surface area contributed by atoms with Crippen molar-refractivity contribution in [2.75, 3.05) is 40.4 Å². The lowest BCUT2D eigenvalue weighted by Crippen LogP contribution is -2.53. The highest BCUT2D eigenvalue weighted by Gasteiger charge is 2.38. The first-order chi connectivity index (χ1) is 6.63. The number of ether oxygens (including phenoxy) is 1. The summed E-state index contributed by atoms with van der Waals surface area (Å²) in [7, 11) is 3.88. The zero-order valence-electron chi connectivity index (χ0n) is 9.55. The molecule has 1 rings (SSSR count). The Balaban J connectivity index is 2.43. The fourth-order valence-electron chi connectivity index (χ4n) is 2.19. The topological polar surface area (TPSA) is 50.5 Å². The van der Waals surface area contributed by atoms with Gasteiger partial charge in [0.2, 0.25) is 0 Å². The molecule has 1 aliphatic heterocycles. The van der Waals surface area contributed by atoms with Crippen LogP contribution in [0.25, 0.3) is 0 Å². The molecule has 0 bridgehead atoms. The van der Waals surface area contributed by atoms with Gasteiger partial charge in [-0.05, 0) is 20.4 Å². The van der Waals surface area contributed by atoms with Gasteiger partial charge in [-0.25, -0.2) is 0 Å². The molecule has 3 N–H and O–H groups in total. The van der Waals surface area contributed by atoms with Crippen LogP contribution in [0.2, 0.25) is 0 Å². The average Bonchev–Trinajstić information content (AvgIpc) is 2.44.